The number of nitrogens with one attached hydrogen (secondary N) is 1. The topological polar surface area (TPSA) is 46.2 Å². The molecule has 3 aromatic rings. The van der Waals surface area contributed by atoms with Gasteiger partial charge in [0.25, 0.3) is 0 Å². The number of aryl methyl sites for hydroxylation is 1. The van der Waals surface area contributed by atoms with Crippen molar-refractivity contribution in [2.24, 2.45) is 0 Å². The van der Waals surface area contributed by atoms with Gasteiger partial charge in [0.15, 0.2) is 5.78 Å². The minimum absolute atomic E-state index is 0.166. The van der Waals surface area contributed by atoms with E-state index in [1.54, 1.807) is 18.2 Å². The lowest BCUT2D eigenvalue weighted by Crippen LogP contribution is -2.33. The van der Waals surface area contributed by atoms with E-state index in [4.69, 9.17) is 11.6 Å². The first-order valence-corrected chi connectivity index (χ1v) is 8.73. The molecular formula is C22H16ClNO2. The van der Waals surface area contributed by atoms with E-state index < -0.39 is 5.92 Å². The molecule has 0 saturated heterocycles. The van der Waals surface area contributed by atoms with Crippen LogP contribution in [0.3, 0.4) is 0 Å². The van der Waals surface area contributed by atoms with Crippen LogP contribution < -0.4 is 5.32 Å². The Balaban J connectivity index is 1.80. The minimum Gasteiger partial charge on any atom is -0.324 e. The first kappa shape index (κ1) is 16.6. The van der Waals surface area contributed by atoms with Crippen LogP contribution in [0.2, 0.25) is 5.02 Å². The standard InChI is InChI=1S/C22H16ClNO2/c1-13-6-7-15(14-8-10-16(23)11-9-14)12-18(13)20-21(25)17-4-2-3-5-19(17)24-22(20)26/h2-12,20H,1H3,(H,24,26). The van der Waals surface area contributed by atoms with Gasteiger partial charge in [0.1, 0.15) is 5.92 Å². The first-order chi connectivity index (χ1) is 12.5. The van der Waals surface area contributed by atoms with Gasteiger partial charge >= 0.3 is 0 Å². The normalized spacial score (nSPS) is 16.2. The predicted molar refractivity (Wildman–Crippen MR) is 104 cm³/mol. The Morgan fingerprint density at radius 2 is 1.58 bits per heavy atom. The maximum absolute atomic E-state index is 13.0. The lowest BCUT2D eigenvalue weighted by Gasteiger charge is -2.25. The molecule has 26 heavy (non-hydrogen) atoms. The van der Waals surface area contributed by atoms with Crippen molar-refractivity contribution < 1.29 is 9.59 Å². The van der Waals surface area contributed by atoms with E-state index in [0.29, 0.717) is 16.3 Å². The summed E-state index contributed by atoms with van der Waals surface area (Å²) in [5.41, 5.74) is 4.70. The number of halogens is 1. The highest BCUT2D eigenvalue weighted by Gasteiger charge is 2.36. The van der Waals surface area contributed by atoms with Gasteiger partial charge in [-0.25, -0.2) is 0 Å². The average Bonchev–Trinajstić information content (AvgIpc) is 2.64. The Kier molecular flexibility index (Phi) is 4.09. The van der Waals surface area contributed by atoms with E-state index in [0.717, 1.165) is 22.3 Å². The van der Waals surface area contributed by atoms with Crippen LogP contribution >= 0.6 is 11.6 Å². The van der Waals surface area contributed by atoms with Gasteiger partial charge in [0.05, 0.1) is 5.69 Å². The van der Waals surface area contributed by atoms with E-state index in [1.807, 2.05) is 55.5 Å². The summed E-state index contributed by atoms with van der Waals surface area (Å²) in [7, 11) is 0. The quantitative estimate of drug-likeness (QED) is 0.635. The molecule has 128 valence electrons. The van der Waals surface area contributed by atoms with Crippen LogP contribution in [0.15, 0.2) is 66.7 Å². The number of amides is 1. The molecule has 1 amide bonds. The van der Waals surface area contributed by atoms with Crippen LogP contribution in [-0.2, 0) is 4.79 Å². The van der Waals surface area contributed by atoms with Gasteiger partial charge in [0.2, 0.25) is 5.91 Å². The van der Waals surface area contributed by atoms with Crippen LogP contribution in [0.25, 0.3) is 11.1 Å². The molecule has 4 heteroatoms. The number of para-hydroxylation sites is 1. The number of ketones is 1. The second-order valence-corrected chi connectivity index (χ2v) is 6.85. The SMILES string of the molecule is Cc1ccc(-c2ccc(Cl)cc2)cc1C1C(=O)Nc2ccccc2C1=O. The van der Waals surface area contributed by atoms with Gasteiger partial charge < -0.3 is 5.32 Å². The number of fused-ring (bicyclic) bond motifs is 1. The van der Waals surface area contributed by atoms with Crippen molar-refractivity contribution in [3.63, 3.8) is 0 Å². The molecule has 0 aromatic heterocycles. The largest absolute Gasteiger partial charge is 0.324 e. The minimum atomic E-state index is -0.836. The van der Waals surface area contributed by atoms with Crippen molar-refractivity contribution in [2.75, 3.05) is 5.32 Å². The Labute approximate surface area is 156 Å². The average molecular weight is 362 g/mol. The maximum atomic E-state index is 13.0. The van der Waals surface area contributed by atoms with Gasteiger partial charge in [-0.2, -0.15) is 0 Å². The molecule has 0 saturated carbocycles. The summed E-state index contributed by atoms with van der Waals surface area (Å²) in [6.45, 7) is 1.92. The van der Waals surface area contributed by atoms with Crippen LogP contribution in [0.1, 0.15) is 27.4 Å². The van der Waals surface area contributed by atoms with Gasteiger partial charge in [-0.15, -0.1) is 0 Å². The van der Waals surface area contributed by atoms with Crippen molar-refractivity contribution in [3.8, 4) is 11.1 Å². The third-order valence-electron chi connectivity index (χ3n) is 4.74. The molecule has 1 aliphatic heterocycles. The van der Waals surface area contributed by atoms with Gasteiger partial charge in [-0.1, -0.05) is 48.0 Å². The van der Waals surface area contributed by atoms with Crippen molar-refractivity contribution in [2.45, 2.75) is 12.8 Å². The third-order valence-corrected chi connectivity index (χ3v) is 4.99. The zero-order chi connectivity index (χ0) is 18.3. The number of carbonyl (C=O) groups is 2. The summed E-state index contributed by atoms with van der Waals surface area (Å²) in [6, 6.07) is 20.5. The van der Waals surface area contributed by atoms with E-state index in [-0.39, 0.29) is 11.7 Å². The summed E-state index contributed by atoms with van der Waals surface area (Å²) in [6.07, 6.45) is 0. The van der Waals surface area contributed by atoms with E-state index in [2.05, 4.69) is 5.32 Å². The zero-order valence-corrected chi connectivity index (χ0v) is 14.9. The van der Waals surface area contributed by atoms with Crippen molar-refractivity contribution in [1.29, 1.82) is 0 Å². The molecule has 3 nitrogen and oxygen atoms in total. The molecule has 1 N–H and O–H groups in total. The summed E-state index contributed by atoms with van der Waals surface area (Å²) in [4.78, 5) is 25.7. The summed E-state index contributed by atoms with van der Waals surface area (Å²) < 4.78 is 0. The van der Waals surface area contributed by atoms with Gasteiger partial charge in [0, 0.05) is 10.6 Å². The highest BCUT2D eigenvalue weighted by Crippen LogP contribution is 2.35. The lowest BCUT2D eigenvalue weighted by molar-refractivity contribution is -0.116. The highest BCUT2D eigenvalue weighted by molar-refractivity contribution is 6.30. The Morgan fingerprint density at radius 1 is 0.885 bits per heavy atom. The molecule has 0 radical (unpaired) electrons. The second-order valence-electron chi connectivity index (χ2n) is 6.41. The van der Waals surface area contributed by atoms with Crippen molar-refractivity contribution in [3.05, 3.63) is 88.4 Å². The number of anilines is 1. The fraction of sp³-hybridized carbons (Fsp3) is 0.0909. The summed E-state index contributed by atoms with van der Waals surface area (Å²) in [5.74, 6) is -1.29. The third kappa shape index (κ3) is 2.80. The van der Waals surface area contributed by atoms with Crippen molar-refractivity contribution in [1.82, 2.24) is 0 Å². The summed E-state index contributed by atoms with van der Waals surface area (Å²) >= 11 is 5.97. The van der Waals surface area contributed by atoms with Gasteiger partial charge in [-0.3, -0.25) is 9.59 Å². The van der Waals surface area contributed by atoms with Crippen LogP contribution in [-0.4, -0.2) is 11.7 Å². The molecule has 3 aromatic carbocycles. The van der Waals surface area contributed by atoms with Gasteiger partial charge in [-0.05, 0) is 59.5 Å². The highest BCUT2D eigenvalue weighted by atomic mass is 35.5. The van der Waals surface area contributed by atoms with Crippen LogP contribution in [0, 0.1) is 6.92 Å². The Morgan fingerprint density at radius 3 is 2.35 bits per heavy atom. The fourth-order valence-electron chi connectivity index (χ4n) is 3.34. The van der Waals surface area contributed by atoms with Crippen molar-refractivity contribution >= 4 is 29.0 Å². The molecule has 0 aliphatic carbocycles. The zero-order valence-electron chi connectivity index (χ0n) is 14.1. The summed E-state index contributed by atoms with van der Waals surface area (Å²) in [5, 5.41) is 3.52. The fourth-order valence-corrected chi connectivity index (χ4v) is 3.47. The Bertz CT molecular complexity index is 1020. The molecule has 1 heterocycles. The monoisotopic (exact) mass is 361 g/mol. The second kappa shape index (κ2) is 6.43. The van der Waals surface area contributed by atoms with Crippen LogP contribution in [0.5, 0.6) is 0 Å². The molecule has 1 aliphatic rings. The first-order valence-electron chi connectivity index (χ1n) is 8.35. The molecule has 0 bridgehead atoms. The van der Waals surface area contributed by atoms with E-state index >= 15 is 0 Å². The molecule has 4 rings (SSSR count). The van der Waals surface area contributed by atoms with Crippen LogP contribution in [0.4, 0.5) is 5.69 Å². The Hall–Kier alpha value is -2.91. The maximum Gasteiger partial charge on any atom is 0.239 e. The number of hydrogen-bond acceptors (Lipinski definition) is 2. The molecule has 1 atom stereocenters. The van der Waals surface area contributed by atoms with E-state index in [9.17, 15) is 9.59 Å². The number of Topliss-reactive ketones (excluding diaryl/α,β-unsaturated/α-hetero) is 1. The van der Waals surface area contributed by atoms with E-state index in [1.165, 1.54) is 0 Å². The predicted octanol–water partition coefficient (Wildman–Crippen LogP) is 5.23. The lowest BCUT2D eigenvalue weighted by atomic mass is 9.83. The molecule has 1 unspecified atom stereocenters. The molecular weight excluding hydrogens is 346 g/mol. The number of carbonyl (C=O) groups excluding carboxylic acids is 2. The number of hydrogen-bond donors (Lipinski definition) is 1. The molecule has 0 spiro atoms. The number of rotatable bonds is 2. The number of benzene rings is 3. The molecule has 0 fully saturated rings. The smallest absolute Gasteiger partial charge is 0.239 e.